The van der Waals surface area contributed by atoms with Crippen LogP contribution in [0.4, 0.5) is 11.5 Å². The van der Waals surface area contributed by atoms with Crippen molar-refractivity contribution < 1.29 is 4.79 Å². The average molecular weight is 331 g/mol. The zero-order chi connectivity index (χ0) is 14.9. The lowest BCUT2D eigenvalue weighted by atomic mass is 10.2. The number of aromatic nitrogens is 1. The van der Waals surface area contributed by atoms with Gasteiger partial charge in [-0.15, -0.1) is 0 Å². The van der Waals surface area contributed by atoms with E-state index in [1.807, 2.05) is 6.92 Å². The SMILES string of the molecule is Cc1cc(Cl)c(NC(=O)c2nc(N)ccc2Cl)cc1Cl. The Morgan fingerprint density at radius 2 is 1.85 bits per heavy atom. The highest BCUT2D eigenvalue weighted by molar-refractivity contribution is 6.37. The summed E-state index contributed by atoms with van der Waals surface area (Å²) in [4.78, 5) is 16.0. The number of carbonyl (C=O) groups is 1. The number of nitrogens with two attached hydrogens (primary N) is 1. The van der Waals surface area contributed by atoms with Gasteiger partial charge in [-0.1, -0.05) is 34.8 Å². The van der Waals surface area contributed by atoms with Gasteiger partial charge in [0.25, 0.3) is 5.91 Å². The molecule has 7 heteroatoms. The first-order chi connectivity index (χ1) is 9.38. The van der Waals surface area contributed by atoms with Crippen LogP contribution >= 0.6 is 34.8 Å². The number of nitrogen functional groups attached to an aromatic ring is 1. The third kappa shape index (κ3) is 3.15. The molecule has 0 saturated carbocycles. The molecule has 0 unspecified atom stereocenters. The number of hydrogen-bond donors (Lipinski definition) is 2. The Morgan fingerprint density at radius 3 is 2.55 bits per heavy atom. The minimum absolute atomic E-state index is 0.0273. The number of hydrogen-bond acceptors (Lipinski definition) is 3. The standard InChI is InChI=1S/C13H10Cl3N3O/c1-6-4-9(16)10(5-8(6)15)18-13(20)12-7(14)2-3-11(17)19-12/h2-5H,1H3,(H2,17,19)(H,18,20). The predicted octanol–water partition coefficient (Wildman–Crippen LogP) is 4.18. The molecule has 4 nitrogen and oxygen atoms in total. The lowest BCUT2D eigenvalue weighted by Gasteiger charge is -2.10. The van der Waals surface area contributed by atoms with Crippen LogP contribution in [0.25, 0.3) is 0 Å². The van der Waals surface area contributed by atoms with Crippen LogP contribution < -0.4 is 11.1 Å². The second-order valence-electron chi connectivity index (χ2n) is 4.10. The maximum atomic E-state index is 12.1. The van der Waals surface area contributed by atoms with Gasteiger partial charge in [-0.2, -0.15) is 0 Å². The van der Waals surface area contributed by atoms with Crippen molar-refractivity contribution in [2.75, 3.05) is 11.1 Å². The van der Waals surface area contributed by atoms with Gasteiger partial charge in [-0.25, -0.2) is 4.98 Å². The number of aryl methyl sites for hydroxylation is 1. The highest BCUT2D eigenvalue weighted by Gasteiger charge is 2.15. The summed E-state index contributed by atoms with van der Waals surface area (Å²) in [5.74, 6) is -0.309. The lowest BCUT2D eigenvalue weighted by Crippen LogP contribution is -2.15. The fraction of sp³-hybridized carbons (Fsp3) is 0.0769. The molecule has 1 heterocycles. The second-order valence-corrected chi connectivity index (χ2v) is 5.32. The smallest absolute Gasteiger partial charge is 0.275 e. The molecule has 0 spiro atoms. The van der Waals surface area contributed by atoms with Crippen LogP contribution in [0, 0.1) is 6.92 Å². The van der Waals surface area contributed by atoms with E-state index >= 15 is 0 Å². The van der Waals surface area contributed by atoms with Gasteiger partial charge in [-0.05, 0) is 36.8 Å². The van der Waals surface area contributed by atoms with Crippen LogP contribution in [0.1, 0.15) is 16.1 Å². The highest BCUT2D eigenvalue weighted by Crippen LogP contribution is 2.29. The molecule has 0 radical (unpaired) electrons. The molecule has 2 aromatic rings. The molecule has 0 aliphatic heterocycles. The van der Waals surface area contributed by atoms with Crippen molar-refractivity contribution in [2.45, 2.75) is 6.92 Å². The van der Waals surface area contributed by atoms with Crippen molar-refractivity contribution in [3.63, 3.8) is 0 Å². The van der Waals surface area contributed by atoms with Crippen LogP contribution in [0.2, 0.25) is 15.1 Å². The van der Waals surface area contributed by atoms with E-state index in [1.165, 1.54) is 12.1 Å². The Hall–Kier alpha value is -1.49. The van der Waals surface area contributed by atoms with Gasteiger partial charge >= 0.3 is 0 Å². The third-order valence-electron chi connectivity index (χ3n) is 2.58. The topological polar surface area (TPSA) is 68.0 Å². The van der Waals surface area contributed by atoms with Gasteiger partial charge in [-0.3, -0.25) is 4.79 Å². The molecule has 3 N–H and O–H groups in total. The Kier molecular flexibility index (Phi) is 4.38. The number of nitrogens with one attached hydrogen (secondary N) is 1. The molecule has 0 aliphatic carbocycles. The third-order valence-corrected chi connectivity index (χ3v) is 3.60. The Bertz CT molecular complexity index is 689. The summed E-state index contributed by atoms with van der Waals surface area (Å²) in [5.41, 5.74) is 6.76. The van der Waals surface area contributed by atoms with Crippen LogP contribution in [0.5, 0.6) is 0 Å². The monoisotopic (exact) mass is 329 g/mol. The summed E-state index contributed by atoms with van der Waals surface area (Å²) in [6.45, 7) is 1.82. The molecule has 0 atom stereocenters. The quantitative estimate of drug-likeness (QED) is 0.867. The van der Waals surface area contributed by atoms with Crippen molar-refractivity contribution in [2.24, 2.45) is 0 Å². The number of rotatable bonds is 2. The Morgan fingerprint density at radius 1 is 1.15 bits per heavy atom. The first-order valence-electron chi connectivity index (χ1n) is 5.57. The van der Waals surface area contributed by atoms with Crippen molar-refractivity contribution in [1.29, 1.82) is 0 Å². The molecule has 0 bridgehead atoms. The zero-order valence-corrected chi connectivity index (χ0v) is 12.6. The minimum Gasteiger partial charge on any atom is -0.384 e. The van der Waals surface area contributed by atoms with Crippen LogP contribution in [0.15, 0.2) is 24.3 Å². The first kappa shape index (κ1) is 14.9. The first-order valence-corrected chi connectivity index (χ1v) is 6.71. The van der Waals surface area contributed by atoms with E-state index in [4.69, 9.17) is 40.5 Å². The number of pyridine rings is 1. The molecule has 104 valence electrons. The average Bonchev–Trinajstić information content (AvgIpc) is 2.38. The molecule has 0 aliphatic rings. The van der Waals surface area contributed by atoms with E-state index in [0.29, 0.717) is 15.7 Å². The summed E-state index contributed by atoms with van der Waals surface area (Å²) in [6, 6.07) is 6.24. The van der Waals surface area contributed by atoms with Crippen LogP contribution in [0.3, 0.4) is 0 Å². The molecular weight excluding hydrogens is 321 g/mol. The zero-order valence-electron chi connectivity index (χ0n) is 10.4. The van der Waals surface area contributed by atoms with Gasteiger partial charge in [0.05, 0.1) is 15.7 Å². The summed E-state index contributed by atoms with van der Waals surface area (Å²) in [5, 5.41) is 3.68. The molecule has 1 amide bonds. The van der Waals surface area contributed by atoms with Gasteiger partial charge in [0.2, 0.25) is 0 Å². The van der Waals surface area contributed by atoms with Crippen LogP contribution in [-0.2, 0) is 0 Å². The lowest BCUT2D eigenvalue weighted by molar-refractivity contribution is 0.102. The molecule has 0 saturated heterocycles. The van der Waals surface area contributed by atoms with E-state index in [0.717, 1.165) is 5.56 Å². The second kappa shape index (κ2) is 5.87. The summed E-state index contributed by atoms with van der Waals surface area (Å²) in [6.07, 6.45) is 0. The van der Waals surface area contributed by atoms with Crippen molar-refractivity contribution in [3.8, 4) is 0 Å². The van der Waals surface area contributed by atoms with E-state index in [2.05, 4.69) is 10.3 Å². The maximum Gasteiger partial charge on any atom is 0.275 e. The maximum absolute atomic E-state index is 12.1. The fourth-order valence-electron chi connectivity index (χ4n) is 1.54. The summed E-state index contributed by atoms with van der Waals surface area (Å²) < 4.78 is 0. The number of benzene rings is 1. The molecular formula is C13H10Cl3N3O. The van der Waals surface area contributed by atoms with E-state index in [9.17, 15) is 4.79 Å². The van der Waals surface area contributed by atoms with Crippen molar-refractivity contribution in [1.82, 2.24) is 4.98 Å². The van der Waals surface area contributed by atoms with E-state index < -0.39 is 5.91 Å². The van der Waals surface area contributed by atoms with Gasteiger partial charge in [0.15, 0.2) is 0 Å². The number of halogens is 3. The number of carbonyl (C=O) groups excluding carboxylic acids is 1. The largest absolute Gasteiger partial charge is 0.384 e. The molecule has 0 fully saturated rings. The Labute approximate surface area is 130 Å². The fourth-order valence-corrected chi connectivity index (χ4v) is 2.16. The van der Waals surface area contributed by atoms with Crippen molar-refractivity contribution in [3.05, 3.63) is 50.6 Å². The van der Waals surface area contributed by atoms with Crippen molar-refractivity contribution >= 4 is 52.2 Å². The van der Waals surface area contributed by atoms with Crippen LogP contribution in [-0.4, -0.2) is 10.9 Å². The number of nitrogens with zero attached hydrogens (tertiary/aromatic N) is 1. The highest BCUT2D eigenvalue weighted by atomic mass is 35.5. The number of amides is 1. The van der Waals surface area contributed by atoms with Gasteiger partial charge < -0.3 is 11.1 Å². The Balaban J connectivity index is 2.32. The minimum atomic E-state index is -0.510. The summed E-state index contributed by atoms with van der Waals surface area (Å²) >= 11 is 18.0. The number of anilines is 2. The summed E-state index contributed by atoms with van der Waals surface area (Å²) in [7, 11) is 0. The molecule has 2 rings (SSSR count). The normalized spacial score (nSPS) is 10.4. The molecule has 20 heavy (non-hydrogen) atoms. The molecule has 1 aromatic carbocycles. The predicted molar refractivity (Wildman–Crippen MR) is 82.8 cm³/mol. The van der Waals surface area contributed by atoms with E-state index in [-0.39, 0.29) is 16.5 Å². The molecule has 1 aromatic heterocycles. The van der Waals surface area contributed by atoms with Gasteiger partial charge in [0, 0.05) is 5.02 Å². The van der Waals surface area contributed by atoms with Gasteiger partial charge in [0.1, 0.15) is 11.5 Å². The van der Waals surface area contributed by atoms with E-state index in [1.54, 1.807) is 12.1 Å².